The fraction of sp³-hybridized carbons (Fsp3) is 0.463. The second kappa shape index (κ2) is 17.5. The lowest BCUT2D eigenvalue weighted by molar-refractivity contribution is -0.123. The van der Waals surface area contributed by atoms with E-state index in [-0.39, 0.29) is 30.9 Å². The molecule has 0 radical (unpaired) electrons. The van der Waals surface area contributed by atoms with E-state index in [1.807, 2.05) is 64.1 Å². The summed E-state index contributed by atoms with van der Waals surface area (Å²) in [6.07, 6.45) is 10.5. The first-order valence-electron chi connectivity index (χ1n) is 18.3. The summed E-state index contributed by atoms with van der Waals surface area (Å²) in [5, 5.41) is 8.46. The van der Waals surface area contributed by atoms with Crippen LogP contribution in [0, 0.1) is 0 Å². The number of aromatic nitrogens is 2. The van der Waals surface area contributed by atoms with Crippen LogP contribution in [-0.2, 0) is 22.6 Å². The number of hydrogen-bond acceptors (Lipinski definition) is 6. The average molecular weight is 695 g/mol. The van der Waals surface area contributed by atoms with Crippen LogP contribution in [0.3, 0.4) is 0 Å². The van der Waals surface area contributed by atoms with Crippen LogP contribution in [0.25, 0.3) is 10.8 Å². The van der Waals surface area contributed by atoms with Gasteiger partial charge in [-0.2, -0.15) is 0 Å². The summed E-state index contributed by atoms with van der Waals surface area (Å²) in [5.74, 6) is 0.118. The van der Waals surface area contributed by atoms with Crippen LogP contribution in [0.5, 0.6) is 0 Å². The number of hydrogen-bond donors (Lipinski definition) is 3. The molecule has 1 heterocycles. The summed E-state index contributed by atoms with van der Waals surface area (Å²) < 4.78 is 5.65. The Morgan fingerprint density at radius 1 is 0.941 bits per heavy atom. The standard InChI is InChI=1S/C41H54N6O4/c1-29(34-18-11-14-31-13-9-10-17-35(31)34)44-39(49)36(19-12-26-46(5)33-15-7-6-8-16-33)45-38(48)32-22-20-30(21-23-32)27-47(28-37-42-24-25-43-37)40(50)51-41(2,3)4/h9-11,13-14,17-18,20-25,29,33,36H,6-8,12,15-16,19,26-28H2,1-5H3,(H,42,43)(H,44,49)(H,45,48)/t29-,36-/m0/s1. The molecule has 0 saturated heterocycles. The predicted molar refractivity (Wildman–Crippen MR) is 201 cm³/mol. The monoisotopic (exact) mass is 694 g/mol. The van der Waals surface area contributed by atoms with Gasteiger partial charge in [-0.15, -0.1) is 0 Å². The highest BCUT2D eigenvalue weighted by atomic mass is 16.6. The molecular formula is C41H54N6O4. The number of nitrogens with one attached hydrogen (secondary N) is 3. The van der Waals surface area contributed by atoms with Gasteiger partial charge in [0.15, 0.2) is 0 Å². The topological polar surface area (TPSA) is 120 Å². The smallest absolute Gasteiger partial charge is 0.410 e. The first-order chi connectivity index (χ1) is 24.5. The fourth-order valence-electron chi connectivity index (χ4n) is 6.84. The average Bonchev–Trinajstić information content (AvgIpc) is 3.63. The molecule has 272 valence electrons. The van der Waals surface area contributed by atoms with Crippen LogP contribution in [0.1, 0.15) is 106 Å². The number of rotatable bonds is 14. The van der Waals surface area contributed by atoms with Gasteiger partial charge in [0.05, 0.1) is 12.6 Å². The molecule has 1 aliphatic rings. The summed E-state index contributed by atoms with van der Waals surface area (Å²) >= 11 is 0. The zero-order valence-corrected chi connectivity index (χ0v) is 30.8. The highest BCUT2D eigenvalue weighted by Gasteiger charge is 2.26. The number of carbonyl (C=O) groups is 3. The number of amides is 3. The Kier molecular flexibility index (Phi) is 12.9. The van der Waals surface area contributed by atoms with Crippen LogP contribution in [-0.4, -0.2) is 69.0 Å². The molecule has 5 rings (SSSR count). The molecule has 4 aromatic rings. The molecule has 1 aliphatic carbocycles. The van der Waals surface area contributed by atoms with E-state index in [2.05, 4.69) is 50.7 Å². The molecule has 1 saturated carbocycles. The van der Waals surface area contributed by atoms with Gasteiger partial charge in [0.25, 0.3) is 5.91 Å². The Morgan fingerprint density at radius 2 is 1.67 bits per heavy atom. The van der Waals surface area contributed by atoms with E-state index < -0.39 is 17.7 Å². The maximum atomic E-state index is 13.9. The number of benzene rings is 3. The van der Waals surface area contributed by atoms with Gasteiger partial charge in [0.1, 0.15) is 17.5 Å². The quantitative estimate of drug-likeness (QED) is 0.126. The molecule has 0 aliphatic heterocycles. The van der Waals surface area contributed by atoms with Crippen molar-refractivity contribution in [2.24, 2.45) is 0 Å². The number of aromatic amines is 1. The summed E-state index contributed by atoms with van der Waals surface area (Å²) in [4.78, 5) is 51.9. The third-order valence-electron chi connectivity index (χ3n) is 9.61. The lowest BCUT2D eigenvalue weighted by atomic mass is 9.94. The van der Waals surface area contributed by atoms with Crippen LogP contribution in [0.4, 0.5) is 4.79 Å². The molecule has 1 aromatic heterocycles. The van der Waals surface area contributed by atoms with Crippen molar-refractivity contribution < 1.29 is 19.1 Å². The van der Waals surface area contributed by atoms with Crippen molar-refractivity contribution in [3.8, 4) is 0 Å². The van der Waals surface area contributed by atoms with Crippen LogP contribution in [0.2, 0.25) is 0 Å². The minimum absolute atomic E-state index is 0.202. The summed E-state index contributed by atoms with van der Waals surface area (Å²) in [5.41, 5.74) is 1.65. The van der Waals surface area contributed by atoms with E-state index in [9.17, 15) is 14.4 Å². The predicted octanol–water partition coefficient (Wildman–Crippen LogP) is 7.52. The van der Waals surface area contributed by atoms with Crippen molar-refractivity contribution in [3.05, 3.63) is 102 Å². The van der Waals surface area contributed by atoms with Gasteiger partial charge in [-0.05, 0) is 101 Å². The Labute approximate surface area is 302 Å². The molecule has 3 N–H and O–H groups in total. The molecule has 10 nitrogen and oxygen atoms in total. The Bertz CT molecular complexity index is 1720. The van der Waals surface area contributed by atoms with Crippen LogP contribution >= 0.6 is 0 Å². The zero-order valence-electron chi connectivity index (χ0n) is 30.8. The molecule has 2 atom stereocenters. The third kappa shape index (κ3) is 10.9. The van der Waals surface area contributed by atoms with Crippen molar-refractivity contribution in [2.75, 3.05) is 13.6 Å². The molecule has 3 amide bonds. The van der Waals surface area contributed by atoms with Crippen molar-refractivity contribution in [3.63, 3.8) is 0 Å². The molecule has 3 aromatic carbocycles. The molecule has 1 fully saturated rings. The van der Waals surface area contributed by atoms with E-state index in [4.69, 9.17) is 4.74 Å². The van der Waals surface area contributed by atoms with Crippen molar-refractivity contribution in [1.82, 2.24) is 30.4 Å². The molecule has 0 unspecified atom stereocenters. The number of H-pyrrole nitrogens is 1. The van der Waals surface area contributed by atoms with E-state index in [0.717, 1.165) is 34.9 Å². The highest BCUT2D eigenvalue weighted by molar-refractivity contribution is 5.97. The van der Waals surface area contributed by atoms with Gasteiger partial charge in [-0.3, -0.25) is 14.5 Å². The molecule has 51 heavy (non-hydrogen) atoms. The number of imidazole rings is 1. The minimum Gasteiger partial charge on any atom is -0.444 e. The maximum Gasteiger partial charge on any atom is 0.410 e. The molecule has 0 spiro atoms. The van der Waals surface area contributed by atoms with Gasteiger partial charge in [0, 0.05) is 30.5 Å². The van der Waals surface area contributed by atoms with E-state index >= 15 is 0 Å². The first-order valence-corrected chi connectivity index (χ1v) is 18.3. The van der Waals surface area contributed by atoms with Crippen molar-refractivity contribution >= 4 is 28.7 Å². The Hall–Kier alpha value is -4.70. The van der Waals surface area contributed by atoms with E-state index in [1.54, 1.807) is 29.4 Å². The zero-order chi connectivity index (χ0) is 36.4. The van der Waals surface area contributed by atoms with Gasteiger partial charge >= 0.3 is 6.09 Å². The maximum absolute atomic E-state index is 13.9. The Balaban J connectivity index is 1.26. The normalized spacial score (nSPS) is 14.9. The molecule has 10 heteroatoms. The molecular weight excluding hydrogens is 640 g/mol. The van der Waals surface area contributed by atoms with E-state index in [0.29, 0.717) is 23.9 Å². The highest BCUT2D eigenvalue weighted by Crippen LogP contribution is 2.25. The number of nitrogens with zero attached hydrogens (tertiary/aromatic N) is 3. The lowest BCUT2D eigenvalue weighted by Gasteiger charge is -2.31. The second-order valence-corrected chi connectivity index (χ2v) is 14.8. The van der Waals surface area contributed by atoms with Crippen LogP contribution < -0.4 is 10.6 Å². The Morgan fingerprint density at radius 3 is 2.37 bits per heavy atom. The largest absolute Gasteiger partial charge is 0.444 e. The van der Waals surface area contributed by atoms with Gasteiger partial charge < -0.3 is 25.3 Å². The van der Waals surface area contributed by atoms with Crippen molar-refractivity contribution in [2.45, 2.75) is 109 Å². The summed E-state index contributed by atoms with van der Waals surface area (Å²) in [6, 6.07) is 21.0. The van der Waals surface area contributed by atoms with Crippen molar-refractivity contribution in [1.29, 1.82) is 0 Å². The van der Waals surface area contributed by atoms with Gasteiger partial charge in [-0.25, -0.2) is 9.78 Å². The van der Waals surface area contributed by atoms with Gasteiger partial charge in [0.2, 0.25) is 5.91 Å². The fourth-order valence-corrected chi connectivity index (χ4v) is 6.84. The minimum atomic E-state index is -0.703. The molecule has 0 bridgehead atoms. The summed E-state index contributed by atoms with van der Waals surface area (Å²) in [6.45, 7) is 8.85. The number of ether oxygens (including phenoxy) is 1. The first kappa shape index (κ1) is 37.6. The van der Waals surface area contributed by atoms with E-state index in [1.165, 1.54) is 32.1 Å². The van der Waals surface area contributed by atoms with Crippen LogP contribution in [0.15, 0.2) is 79.1 Å². The number of carbonyl (C=O) groups excluding carboxylic acids is 3. The van der Waals surface area contributed by atoms with Gasteiger partial charge in [-0.1, -0.05) is 73.9 Å². The summed E-state index contributed by atoms with van der Waals surface area (Å²) in [7, 11) is 2.17. The second-order valence-electron chi connectivity index (χ2n) is 14.8. The third-order valence-corrected chi connectivity index (χ3v) is 9.61. The lowest BCUT2D eigenvalue weighted by Crippen LogP contribution is -2.47. The SMILES string of the molecule is C[C@H](NC(=O)[C@H](CCCN(C)C1CCCCC1)NC(=O)c1ccc(CN(Cc2ncc[nH]2)C(=O)OC(C)(C)C)cc1)c1cccc2ccccc12. The number of fused-ring (bicyclic) bond motifs is 1.